The van der Waals surface area contributed by atoms with Crippen LogP contribution in [0, 0.1) is 0 Å². The van der Waals surface area contributed by atoms with Crippen LogP contribution in [0.25, 0.3) is 0 Å². The van der Waals surface area contributed by atoms with Crippen molar-refractivity contribution in [1.82, 2.24) is 5.32 Å². The van der Waals surface area contributed by atoms with E-state index in [1.165, 1.54) is 0 Å². The fraction of sp³-hybridized carbons (Fsp3) is 0.222. The molecule has 6 heteroatoms. The summed E-state index contributed by atoms with van der Waals surface area (Å²) in [6, 6.07) is 12.5. The summed E-state index contributed by atoms with van der Waals surface area (Å²) >= 11 is 7.67. The molecule has 2 N–H and O–H groups in total. The van der Waals surface area contributed by atoms with E-state index in [-0.39, 0.29) is 11.8 Å². The normalized spacial score (nSPS) is 13.4. The second-order valence-corrected chi connectivity index (χ2v) is 6.92. The van der Waals surface area contributed by atoms with Crippen LogP contribution >= 0.6 is 23.4 Å². The van der Waals surface area contributed by atoms with Crippen LogP contribution in [-0.4, -0.2) is 24.1 Å². The SMILES string of the molecule is CSc1ccc(Cl)c(C(=O)Nc2cccc(C(=O)NC3CC3)c2)c1. The van der Waals surface area contributed by atoms with Gasteiger partial charge in [-0.3, -0.25) is 9.59 Å². The van der Waals surface area contributed by atoms with Crippen LogP contribution in [0.1, 0.15) is 33.6 Å². The molecule has 0 heterocycles. The van der Waals surface area contributed by atoms with Gasteiger partial charge in [-0.2, -0.15) is 0 Å². The van der Waals surface area contributed by atoms with Crippen LogP contribution in [-0.2, 0) is 0 Å². The van der Waals surface area contributed by atoms with Crippen molar-refractivity contribution in [2.45, 2.75) is 23.8 Å². The van der Waals surface area contributed by atoms with Crippen molar-refractivity contribution in [2.75, 3.05) is 11.6 Å². The minimum atomic E-state index is -0.296. The van der Waals surface area contributed by atoms with Gasteiger partial charge in [0.05, 0.1) is 10.6 Å². The lowest BCUT2D eigenvalue weighted by molar-refractivity contribution is 0.0949. The number of hydrogen-bond donors (Lipinski definition) is 2. The molecule has 0 radical (unpaired) electrons. The van der Waals surface area contributed by atoms with Gasteiger partial charge in [0, 0.05) is 22.2 Å². The Morgan fingerprint density at radius 3 is 2.62 bits per heavy atom. The lowest BCUT2D eigenvalue weighted by atomic mass is 10.1. The molecular formula is C18H17ClN2O2S. The first-order chi connectivity index (χ1) is 11.6. The highest BCUT2D eigenvalue weighted by Gasteiger charge is 2.23. The second-order valence-electron chi connectivity index (χ2n) is 5.63. The zero-order valence-electron chi connectivity index (χ0n) is 13.1. The van der Waals surface area contributed by atoms with Crippen LogP contribution in [0.15, 0.2) is 47.4 Å². The Kier molecular flexibility index (Phi) is 5.11. The molecule has 4 nitrogen and oxygen atoms in total. The van der Waals surface area contributed by atoms with Crippen molar-refractivity contribution in [1.29, 1.82) is 0 Å². The number of carbonyl (C=O) groups is 2. The molecule has 1 aliphatic carbocycles. The fourth-order valence-corrected chi connectivity index (χ4v) is 2.88. The first kappa shape index (κ1) is 16.9. The molecule has 3 rings (SSSR count). The largest absolute Gasteiger partial charge is 0.349 e. The van der Waals surface area contributed by atoms with Crippen molar-refractivity contribution in [3.63, 3.8) is 0 Å². The van der Waals surface area contributed by atoms with Crippen LogP contribution in [0.3, 0.4) is 0 Å². The summed E-state index contributed by atoms with van der Waals surface area (Å²) in [5, 5.41) is 6.13. The number of thioether (sulfide) groups is 1. The lowest BCUT2D eigenvalue weighted by Crippen LogP contribution is -2.25. The summed E-state index contributed by atoms with van der Waals surface area (Å²) in [7, 11) is 0. The Morgan fingerprint density at radius 2 is 1.92 bits per heavy atom. The molecule has 0 unspecified atom stereocenters. The van der Waals surface area contributed by atoms with Gasteiger partial charge in [-0.15, -0.1) is 11.8 Å². The average molecular weight is 361 g/mol. The van der Waals surface area contributed by atoms with Crippen molar-refractivity contribution in [3.05, 3.63) is 58.6 Å². The summed E-state index contributed by atoms with van der Waals surface area (Å²) in [5.74, 6) is -0.410. The van der Waals surface area contributed by atoms with Gasteiger partial charge in [0.15, 0.2) is 0 Å². The Bertz CT molecular complexity index is 790. The summed E-state index contributed by atoms with van der Waals surface area (Å²) in [6.07, 6.45) is 4.01. The van der Waals surface area contributed by atoms with E-state index in [0.717, 1.165) is 17.7 Å². The lowest BCUT2D eigenvalue weighted by Gasteiger charge is -2.10. The molecule has 1 fully saturated rings. The maximum absolute atomic E-state index is 12.5. The predicted octanol–water partition coefficient (Wildman–Crippen LogP) is 4.21. The van der Waals surface area contributed by atoms with E-state index < -0.39 is 0 Å². The molecule has 24 heavy (non-hydrogen) atoms. The number of anilines is 1. The van der Waals surface area contributed by atoms with Crippen molar-refractivity contribution in [2.24, 2.45) is 0 Å². The number of halogens is 1. The van der Waals surface area contributed by atoms with Gasteiger partial charge in [0.1, 0.15) is 0 Å². The van der Waals surface area contributed by atoms with Gasteiger partial charge in [-0.25, -0.2) is 0 Å². The third-order valence-corrected chi connectivity index (χ3v) is 4.77. The van der Waals surface area contributed by atoms with Gasteiger partial charge in [-0.05, 0) is 55.5 Å². The van der Waals surface area contributed by atoms with E-state index in [1.54, 1.807) is 48.2 Å². The van der Waals surface area contributed by atoms with Crippen molar-refractivity contribution in [3.8, 4) is 0 Å². The molecular weight excluding hydrogens is 344 g/mol. The number of hydrogen-bond acceptors (Lipinski definition) is 3. The van der Waals surface area contributed by atoms with Crippen molar-refractivity contribution >= 4 is 40.9 Å². The predicted molar refractivity (Wildman–Crippen MR) is 98.1 cm³/mol. The van der Waals surface area contributed by atoms with E-state index in [1.807, 2.05) is 12.3 Å². The van der Waals surface area contributed by atoms with E-state index in [2.05, 4.69) is 10.6 Å². The standard InChI is InChI=1S/C18H17ClN2O2S/c1-24-14-7-8-16(19)15(10-14)18(23)21-13-4-2-3-11(9-13)17(22)20-12-5-6-12/h2-4,7-10,12H,5-6H2,1H3,(H,20,22)(H,21,23). The average Bonchev–Trinajstić information content (AvgIpc) is 3.39. The molecule has 0 aliphatic heterocycles. The monoisotopic (exact) mass is 360 g/mol. The fourth-order valence-electron chi connectivity index (χ4n) is 2.24. The first-order valence-electron chi connectivity index (χ1n) is 7.62. The molecule has 1 aliphatic rings. The minimum absolute atomic E-state index is 0.115. The Morgan fingerprint density at radius 1 is 1.12 bits per heavy atom. The molecule has 1 saturated carbocycles. The smallest absolute Gasteiger partial charge is 0.257 e. The zero-order chi connectivity index (χ0) is 17.1. The molecule has 2 amide bonds. The topological polar surface area (TPSA) is 58.2 Å². The van der Waals surface area contributed by atoms with E-state index in [4.69, 9.17) is 11.6 Å². The highest BCUT2D eigenvalue weighted by Crippen LogP contribution is 2.24. The molecule has 0 saturated heterocycles. The van der Waals surface area contributed by atoms with Crippen molar-refractivity contribution < 1.29 is 9.59 Å². The molecule has 2 aromatic carbocycles. The second kappa shape index (κ2) is 7.28. The number of rotatable bonds is 5. The summed E-state index contributed by atoms with van der Waals surface area (Å²) < 4.78 is 0. The van der Waals surface area contributed by atoms with E-state index in [0.29, 0.717) is 27.9 Å². The minimum Gasteiger partial charge on any atom is -0.349 e. The summed E-state index contributed by atoms with van der Waals surface area (Å²) in [4.78, 5) is 25.5. The molecule has 0 bridgehead atoms. The number of amides is 2. The van der Waals surface area contributed by atoms with Crippen LogP contribution in [0.5, 0.6) is 0 Å². The van der Waals surface area contributed by atoms with Gasteiger partial charge in [-0.1, -0.05) is 17.7 Å². The molecule has 2 aromatic rings. The quantitative estimate of drug-likeness (QED) is 0.785. The van der Waals surface area contributed by atoms with E-state index >= 15 is 0 Å². The van der Waals surface area contributed by atoms with Crippen LogP contribution < -0.4 is 10.6 Å². The van der Waals surface area contributed by atoms with Gasteiger partial charge < -0.3 is 10.6 Å². The van der Waals surface area contributed by atoms with Gasteiger partial charge in [0.25, 0.3) is 11.8 Å². The molecule has 0 spiro atoms. The maximum Gasteiger partial charge on any atom is 0.257 e. The highest BCUT2D eigenvalue weighted by molar-refractivity contribution is 7.98. The summed E-state index contributed by atoms with van der Waals surface area (Å²) in [5.41, 5.74) is 1.51. The highest BCUT2D eigenvalue weighted by atomic mass is 35.5. The van der Waals surface area contributed by atoms with Crippen LogP contribution in [0.4, 0.5) is 5.69 Å². The van der Waals surface area contributed by atoms with Crippen LogP contribution in [0.2, 0.25) is 5.02 Å². The first-order valence-corrected chi connectivity index (χ1v) is 9.23. The summed E-state index contributed by atoms with van der Waals surface area (Å²) in [6.45, 7) is 0. The zero-order valence-corrected chi connectivity index (χ0v) is 14.7. The maximum atomic E-state index is 12.5. The van der Waals surface area contributed by atoms with E-state index in [9.17, 15) is 9.59 Å². The molecule has 124 valence electrons. The third-order valence-electron chi connectivity index (χ3n) is 3.71. The Labute approximate surface area is 150 Å². The Balaban J connectivity index is 1.75. The van der Waals surface area contributed by atoms with Gasteiger partial charge >= 0.3 is 0 Å². The molecule has 0 aromatic heterocycles. The van der Waals surface area contributed by atoms with Gasteiger partial charge in [0.2, 0.25) is 0 Å². The number of nitrogens with one attached hydrogen (secondary N) is 2. The number of benzene rings is 2. The number of carbonyl (C=O) groups excluding carboxylic acids is 2. The third kappa shape index (κ3) is 4.10. The Hall–Kier alpha value is -1.98. The molecule has 0 atom stereocenters.